The Morgan fingerprint density at radius 1 is 1.13 bits per heavy atom. The summed E-state index contributed by atoms with van der Waals surface area (Å²) in [6.45, 7) is 4.89. The Balaban J connectivity index is 1.67. The monoisotopic (exact) mass is 318 g/mol. The summed E-state index contributed by atoms with van der Waals surface area (Å²) >= 11 is 0. The van der Waals surface area contributed by atoms with Crippen molar-refractivity contribution >= 4 is 0 Å². The molecule has 0 radical (unpaired) electrons. The van der Waals surface area contributed by atoms with Crippen LogP contribution in [0.4, 0.5) is 0 Å². The summed E-state index contributed by atoms with van der Waals surface area (Å²) in [6, 6.07) is 0. The molecule has 0 aromatic heterocycles. The third-order valence-corrected chi connectivity index (χ3v) is 8.67. The summed E-state index contributed by atoms with van der Waals surface area (Å²) in [5.41, 5.74) is 2.47. The zero-order valence-electron chi connectivity index (χ0n) is 14.9. The lowest BCUT2D eigenvalue weighted by atomic mass is 9.49. The minimum Gasteiger partial charge on any atom is -0.394 e. The molecule has 0 spiro atoms. The molecule has 0 saturated heterocycles. The molecular weight excluding hydrogens is 284 g/mol. The van der Waals surface area contributed by atoms with Gasteiger partial charge in [0.2, 0.25) is 0 Å². The van der Waals surface area contributed by atoms with Gasteiger partial charge in [0.25, 0.3) is 0 Å². The number of fused-ring (bicyclic) bond motifs is 5. The van der Waals surface area contributed by atoms with E-state index >= 15 is 0 Å². The number of hydrogen-bond acceptors (Lipinski definition) is 2. The zero-order valence-corrected chi connectivity index (χ0v) is 14.9. The highest BCUT2D eigenvalue weighted by molar-refractivity contribution is 5.28. The molecule has 0 aromatic rings. The Kier molecular flexibility index (Phi) is 3.93. The predicted molar refractivity (Wildman–Crippen MR) is 92.9 cm³/mol. The van der Waals surface area contributed by atoms with Crippen LogP contribution in [-0.4, -0.2) is 22.9 Å². The van der Waals surface area contributed by atoms with Gasteiger partial charge in [-0.2, -0.15) is 0 Å². The molecule has 7 unspecified atom stereocenters. The van der Waals surface area contributed by atoms with Crippen LogP contribution in [-0.2, 0) is 0 Å². The van der Waals surface area contributed by atoms with E-state index in [-0.39, 0.29) is 17.9 Å². The molecule has 4 rings (SSSR count). The maximum atomic E-state index is 10.3. The summed E-state index contributed by atoms with van der Waals surface area (Å²) in [6.07, 6.45) is 14.0. The zero-order chi connectivity index (χ0) is 16.2. The molecule has 2 heteroatoms. The van der Waals surface area contributed by atoms with E-state index in [0.29, 0.717) is 5.41 Å². The van der Waals surface area contributed by atoms with Crippen LogP contribution in [0.2, 0.25) is 0 Å². The Morgan fingerprint density at radius 2 is 1.96 bits per heavy atom. The number of hydrogen-bond donors (Lipinski definition) is 2. The van der Waals surface area contributed by atoms with E-state index in [1.165, 1.54) is 44.9 Å². The smallest absolute Gasteiger partial charge is 0.0804 e. The highest BCUT2D eigenvalue weighted by Gasteiger charge is 2.57. The van der Waals surface area contributed by atoms with Crippen LogP contribution in [0.15, 0.2) is 11.6 Å². The molecule has 0 bridgehead atoms. The SMILES string of the molecule is CC12CCCCC1CCC1C2=CCC2(C)C(C(O)CO)CCC12. The van der Waals surface area contributed by atoms with Crippen molar-refractivity contribution in [1.29, 1.82) is 0 Å². The van der Waals surface area contributed by atoms with Gasteiger partial charge in [-0.3, -0.25) is 0 Å². The van der Waals surface area contributed by atoms with Gasteiger partial charge >= 0.3 is 0 Å². The summed E-state index contributed by atoms with van der Waals surface area (Å²) in [5, 5.41) is 19.8. The van der Waals surface area contributed by atoms with Crippen LogP contribution in [0.5, 0.6) is 0 Å². The highest BCUT2D eigenvalue weighted by atomic mass is 16.3. The van der Waals surface area contributed by atoms with Crippen LogP contribution < -0.4 is 0 Å². The maximum Gasteiger partial charge on any atom is 0.0804 e. The number of aliphatic hydroxyl groups excluding tert-OH is 2. The van der Waals surface area contributed by atoms with Crippen molar-refractivity contribution in [2.75, 3.05) is 6.61 Å². The van der Waals surface area contributed by atoms with Crippen molar-refractivity contribution in [3.63, 3.8) is 0 Å². The van der Waals surface area contributed by atoms with Gasteiger partial charge in [0.05, 0.1) is 12.7 Å². The summed E-state index contributed by atoms with van der Waals surface area (Å²) in [7, 11) is 0. The Hall–Kier alpha value is -0.340. The fourth-order valence-electron chi connectivity index (χ4n) is 7.36. The largest absolute Gasteiger partial charge is 0.394 e. The van der Waals surface area contributed by atoms with E-state index in [4.69, 9.17) is 0 Å². The second kappa shape index (κ2) is 5.59. The van der Waals surface area contributed by atoms with Gasteiger partial charge in [-0.05, 0) is 79.4 Å². The lowest BCUT2D eigenvalue weighted by Gasteiger charge is -2.56. The summed E-state index contributed by atoms with van der Waals surface area (Å²) in [5.74, 6) is 2.69. The fourth-order valence-corrected chi connectivity index (χ4v) is 7.36. The van der Waals surface area contributed by atoms with E-state index < -0.39 is 6.10 Å². The molecule has 4 aliphatic rings. The topological polar surface area (TPSA) is 40.5 Å². The van der Waals surface area contributed by atoms with Crippen LogP contribution in [0.25, 0.3) is 0 Å². The maximum absolute atomic E-state index is 10.3. The molecule has 0 aliphatic heterocycles. The molecule has 4 aliphatic carbocycles. The Labute approximate surface area is 141 Å². The van der Waals surface area contributed by atoms with E-state index in [0.717, 1.165) is 30.6 Å². The minimum atomic E-state index is -0.526. The summed E-state index contributed by atoms with van der Waals surface area (Å²) < 4.78 is 0. The van der Waals surface area contributed by atoms with Crippen LogP contribution >= 0.6 is 0 Å². The van der Waals surface area contributed by atoms with Crippen molar-refractivity contribution in [2.45, 2.75) is 77.7 Å². The van der Waals surface area contributed by atoms with E-state index in [2.05, 4.69) is 19.9 Å². The third-order valence-electron chi connectivity index (χ3n) is 8.67. The van der Waals surface area contributed by atoms with Crippen LogP contribution in [0.1, 0.15) is 71.6 Å². The second-order valence-corrected chi connectivity index (χ2v) is 9.45. The predicted octanol–water partition coefficient (Wildman–Crippen LogP) is 4.31. The minimum absolute atomic E-state index is 0.0754. The molecule has 0 aromatic carbocycles. The molecule has 2 N–H and O–H groups in total. The van der Waals surface area contributed by atoms with Crippen molar-refractivity contribution in [1.82, 2.24) is 0 Å². The highest BCUT2D eigenvalue weighted by Crippen LogP contribution is 2.65. The Bertz CT molecular complexity index is 498. The van der Waals surface area contributed by atoms with Gasteiger partial charge in [0.1, 0.15) is 0 Å². The lowest BCUT2D eigenvalue weighted by Crippen LogP contribution is -2.48. The van der Waals surface area contributed by atoms with E-state index in [9.17, 15) is 10.2 Å². The standard InChI is InChI=1S/C21H34O2/c1-20-11-4-3-5-14(20)6-7-15-16-8-9-18(19(23)13-22)21(16,2)12-10-17(15)20/h10,14-16,18-19,22-23H,3-9,11-13H2,1-2H3. The molecule has 23 heavy (non-hydrogen) atoms. The van der Waals surface area contributed by atoms with Crippen molar-refractivity contribution in [3.05, 3.63) is 11.6 Å². The molecule has 7 atom stereocenters. The summed E-state index contributed by atoms with van der Waals surface area (Å²) in [4.78, 5) is 0. The molecule has 0 amide bonds. The van der Waals surface area contributed by atoms with E-state index in [1.54, 1.807) is 5.57 Å². The average Bonchev–Trinajstić information content (AvgIpc) is 2.91. The number of rotatable bonds is 2. The van der Waals surface area contributed by atoms with Gasteiger partial charge in [0.15, 0.2) is 0 Å². The van der Waals surface area contributed by atoms with E-state index in [1.807, 2.05) is 0 Å². The first-order valence-electron chi connectivity index (χ1n) is 10.00. The second-order valence-electron chi connectivity index (χ2n) is 9.45. The third kappa shape index (κ3) is 2.20. The first-order chi connectivity index (χ1) is 11.0. The van der Waals surface area contributed by atoms with Crippen molar-refractivity contribution in [2.24, 2.45) is 34.5 Å². The number of allylic oxidation sites excluding steroid dienone is 2. The first-order valence-corrected chi connectivity index (χ1v) is 10.00. The van der Waals surface area contributed by atoms with Gasteiger partial charge < -0.3 is 10.2 Å². The fraction of sp³-hybridized carbons (Fsp3) is 0.905. The normalized spacial score (nSPS) is 50.5. The molecule has 3 saturated carbocycles. The Morgan fingerprint density at radius 3 is 2.74 bits per heavy atom. The molecule has 3 fully saturated rings. The molecular formula is C21H34O2. The van der Waals surface area contributed by atoms with Gasteiger partial charge in [-0.1, -0.05) is 38.3 Å². The van der Waals surface area contributed by atoms with Gasteiger partial charge in [0, 0.05) is 0 Å². The van der Waals surface area contributed by atoms with Crippen molar-refractivity contribution < 1.29 is 10.2 Å². The molecule has 2 nitrogen and oxygen atoms in total. The average molecular weight is 319 g/mol. The van der Waals surface area contributed by atoms with Gasteiger partial charge in [-0.15, -0.1) is 0 Å². The lowest BCUT2D eigenvalue weighted by molar-refractivity contribution is -0.0285. The quantitative estimate of drug-likeness (QED) is 0.745. The van der Waals surface area contributed by atoms with Gasteiger partial charge in [-0.25, -0.2) is 0 Å². The molecule has 130 valence electrons. The first kappa shape index (κ1) is 16.1. The molecule has 0 heterocycles. The van der Waals surface area contributed by atoms with Crippen molar-refractivity contribution in [3.8, 4) is 0 Å². The van der Waals surface area contributed by atoms with Crippen LogP contribution in [0, 0.1) is 34.5 Å². The number of aliphatic hydroxyl groups is 2. The van der Waals surface area contributed by atoms with Crippen LogP contribution in [0.3, 0.4) is 0 Å².